The topological polar surface area (TPSA) is 97.0 Å². The van der Waals surface area contributed by atoms with Crippen molar-refractivity contribution in [3.05, 3.63) is 95.6 Å². The highest BCUT2D eigenvalue weighted by Crippen LogP contribution is 2.24. The number of nitrogens with one attached hydrogen (secondary N) is 2. The van der Waals surface area contributed by atoms with E-state index < -0.39 is 11.3 Å². The van der Waals surface area contributed by atoms with Crippen molar-refractivity contribution in [2.45, 2.75) is 51.7 Å². The van der Waals surface area contributed by atoms with Crippen molar-refractivity contribution in [2.24, 2.45) is 0 Å². The first-order chi connectivity index (χ1) is 19.5. The van der Waals surface area contributed by atoms with Crippen LogP contribution in [0.1, 0.15) is 42.9 Å². The molecule has 1 aliphatic heterocycles. The van der Waals surface area contributed by atoms with Crippen molar-refractivity contribution in [3.63, 3.8) is 0 Å². The minimum Gasteiger partial charge on any atom is -0.760 e. The van der Waals surface area contributed by atoms with E-state index in [2.05, 4.69) is 46.1 Å². The van der Waals surface area contributed by atoms with E-state index in [9.17, 15) is 13.6 Å². The van der Waals surface area contributed by atoms with E-state index in [1.165, 1.54) is 11.1 Å². The summed E-state index contributed by atoms with van der Waals surface area (Å²) in [4.78, 5) is 17.5. The Hall–Kier alpha value is -3.24. The average Bonchev–Trinajstić information content (AvgIpc) is 2.97. The molecule has 8 nitrogen and oxygen atoms in total. The Balaban J connectivity index is 1.21. The zero-order chi connectivity index (χ0) is 28.2. The van der Waals surface area contributed by atoms with Gasteiger partial charge in [0.1, 0.15) is 11.5 Å². The van der Waals surface area contributed by atoms with Crippen LogP contribution in [-0.4, -0.2) is 56.8 Å². The van der Waals surface area contributed by atoms with Gasteiger partial charge in [-0.3, -0.25) is 9.11 Å². The number of urea groups is 1. The Morgan fingerprint density at radius 2 is 1.57 bits per heavy atom. The molecule has 1 fully saturated rings. The van der Waals surface area contributed by atoms with E-state index in [0.29, 0.717) is 12.3 Å². The SMILES string of the molecule is CCCN(C(=O)NCCc1ccccc1)C1CCN(Cc2ccc(Oc3ccc(CNS(=O)[O-])cc3)cc2)CC1. The maximum atomic E-state index is 13.0. The summed E-state index contributed by atoms with van der Waals surface area (Å²) in [5, 5.41) is 3.14. The van der Waals surface area contributed by atoms with Crippen LogP contribution < -0.4 is 14.8 Å². The first-order valence-corrected chi connectivity index (χ1v) is 15.1. The lowest BCUT2D eigenvalue weighted by Crippen LogP contribution is -2.51. The van der Waals surface area contributed by atoms with Gasteiger partial charge in [0, 0.05) is 56.6 Å². The number of nitrogens with zero attached hydrogens (tertiary/aromatic N) is 2. The molecule has 40 heavy (non-hydrogen) atoms. The number of likely N-dealkylation sites (tertiary alicyclic amines) is 1. The Labute approximate surface area is 240 Å². The van der Waals surface area contributed by atoms with E-state index in [0.717, 1.165) is 63.2 Å². The molecule has 0 bridgehead atoms. The lowest BCUT2D eigenvalue weighted by Gasteiger charge is -2.38. The number of amides is 2. The molecule has 3 aromatic rings. The normalized spacial score (nSPS) is 14.9. The molecular formula is C31H39N4O4S-. The van der Waals surface area contributed by atoms with Crippen LogP contribution in [0.25, 0.3) is 0 Å². The van der Waals surface area contributed by atoms with Gasteiger partial charge in [-0.05, 0) is 66.6 Å². The van der Waals surface area contributed by atoms with Crippen molar-refractivity contribution >= 4 is 17.3 Å². The summed E-state index contributed by atoms with van der Waals surface area (Å²) in [7, 11) is 0. The van der Waals surface area contributed by atoms with Gasteiger partial charge < -0.3 is 19.5 Å². The fourth-order valence-corrected chi connectivity index (χ4v) is 5.30. The third-order valence-corrected chi connectivity index (χ3v) is 7.52. The van der Waals surface area contributed by atoms with Crippen LogP contribution in [0.3, 0.4) is 0 Å². The summed E-state index contributed by atoms with van der Waals surface area (Å²) >= 11 is -2.28. The second kappa shape index (κ2) is 15.5. The van der Waals surface area contributed by atoms with Crippen molar-refractivity contribution < 1.29 is 18.3 Å². The van der Waals surface area contributed by atoms with Crippen LogP contribution in [0.2, 0.25) is 0 Å². The van der Waals surface area contributed by atoms with E-state index in [1.807, 2.05) is 59.5 Å². The highest BCUT2D eigenvalue weighted by molar-refractivity contribution is 7.77. The van der Waals surface area contributed by atoms with Gasteiger partial charge in [-0.15, -0.1) is 0 Å². The van der Waals surface area contributed by atoms with Crippen molar-refractivity contribution in [3.8, 4) is 11.5 Å². The quantitative estimate of drug-likeness (QED) is 0.286. The number of carbonyl (C=O) groups is 1. The molecular weight excluding hydrogens is 524 g/mol. The minimum absolute atomic E-state index is 0.0528. The maximum Gasteiger partial charge on any atom is 0.317 e. The molecule has 1 aliphatic rings. The molecule has 9 heteroatoms. The van der Waals surface area contributed by atoms with Gasteiger partial charge >= 0.3 is 6.03 Å². The second-order valence-electron chi connectivity index (χ2n) is 10.1. The highest BCUT2D eigenvalue weighted by Gasteiger charge is 2.27. The monoisotopic (exact) mass is 563 g/mol. The largest absolute Gasteiger partial charge is 0.760 e. The zero-order valence-electron chi connectivity index (χ0n) is 23.1. The molecule has 1 saturated heterocycles. The van der Waals surface area contributed by atoms with Gasteiger partial charge in [-0.1, -0.05) is 61.5 Å². The third-order valence-electron chi connectivity index (χ3n) is 7.14. The highest BCUT2D eigenvalue weighted by atomic mass is 32.2. The Kier molecular flexibility index (Phi) is 11.5. The average molecular weight is 564 g/mol. The van der Waals surface area contributed by atoms with Crippen LogP contribution in [0, 0.1) is 0 Å². The van der Waals surface area contributed by atoms with Gasteiger partial charge in [0.05, 0.1) is 0 Å². The molecule has 1 heterocycles. The van der Waals surface area contributed by atoms with Gasteiger partial charge in [-0.2, -0.15) is 0 Å². The standard InChI is InChI=1S/C31H40N4O4S/c1-2-20-35(31(36)32-19-16-25-6-4-3-5-7-25)28-17-21-34(22-18-28)24-27-10-14-30(15-11-27)39-29-12-8-26(9-13-29)23-33-40(37)38/h3-15,28,33H,2,16-24H2,1H3,(H,32,36)(H,37,38)/p-1. The minimum atomic E-state index is -2.28. The molecule has 0 spiro atoms. The molecule has 4 rings (SSSR count). The van der Waals surface area contributed by atoms with Gasteiger partial charge in [0.15, 0.2) is 0 Å². The van der Waals surface area contributed by atoms with Gasteiger partial charge in [0.25, 0.3) is 0 Å². The molecule has 0 aliphatic carbocycles. The summed E-state index contributed by atoms with van der Waals surface area (Å²) in [6.45, 7) is 6.59. The van der Waals surface area contributed by atoms with E-state index in [1.54, 1.807) is 0 Å². The predicted octanol–water partition coefficient (Wildman–Crippen LogP) is 4.99. The Morgan fingerprint density at radius 3 is 2.17 bits per heavy atom. The molecule has 0 saturated carbocycles. The van der Waals surface area contributed by atoms with E-state index >= 15 is 0 Å². The van der Waals surface area contributed by atoms with Gasteiger partial charge in [-0.25, -0.2) is 9.52 Å². The lowest BCUT2D eigenvalue weighted by atomic mass is 10.0. The van der Waals surface area contributed by atoms with Gasteiger partial charge in [0.2, 0.25) is 0 Å². The van der Waals surface area contributed by atoms with Crippen LogP contribution in [-0.2, 0) is 30.8 Å². The van der Waals surface area contributed by atoms with Crippen molar-refractivity contribution in [1.82, 2.24) is 19.8 Å². The number of hydrogen-bond donors (Lipinski definition) is 2. The van der Waals surface area contributed by atoms with E-state index in [-0.39, 0.29) is 18.6 Å². The molecule has 1 unspecified atom stereocenters. The summed E-state index contributed by atoms with van der Waals surface area (Å²) in [6.07, 6.45) is 3.74. The smallest absolute Gasteiger partial charge is 0.317 e. The first kappa shape index (κ1) is 29.7. The molecule has 3 aromatic carbocycles. The number of benzene rings is 3. The number of hydrogen-bond acceptors (Lipinski definition) is 5. The van der Waals surface area contributed by atoms with Crippen molar-refractivity contribution in [2.75, 3.05) is 26.2 Å². The molecule has 0 aromatic heterocycles. The summed E-state index contributed by atoms with van der Waals surface area (Å²) in [5.74, 6) is 1.45. The molecule has 0 radical (unpaired) electrons. The number of carbonyl (C=O) groups excluding carboxylic acids is 1. The fraction of sp³-hybridized carbons (Fsp3) is 0.387. The van der Waals surface area contributed by atoms with Crippen LogP contribution in [0.4, 0.5) is 4.79 Å². The molecule has 2 N–H and O–H groups in total. The first-order valence-electron chi connectivity index (χ1n) is 14.0. The summed E-state index contributed by atoms with van der Waals surface area (Å²) in [5.41, 5.74) is 3.32. The van der Waals surface area contributed by atoms with Crippen LogP contribution in [0.5, 0.6) is 11.5 Å². The molecule has 2 amide bonds. The van der Waals surface area contributed by atoms with Crippen molar-refractivity contribution in [1.29, 1.82) is 0 Å². The number of piperidine rings is 1. The maximum absolute atomic E-state index is 13.0. The Morgan fingerprint density at radius 1 is 0.950 bits per heavy atom. The predicted molar refractivity (Wildman–Crippen MR) is 158 cm³/mol. The van der Waals surface area contributed by atoms with E-state index in [4.69, 9.17) is 4.74 Å². The summed E-state index contributed by atoms with van der Waals surface area (Å²) < 4.78 is 29.6. The number of ether oxygens (including phenoxy) is 1. The zero-order valence-corrected chi connectivity index (χ0v) is 23.9. The number of rotatable bonds is 13. The third kappa shape index (κ3) is 9.45. The second-order valence-corrected chi connectivity index (χ2v) is 10.9. The van der Waals surface area contributed by atoms with Crippen LogP contribution >= 0.6 is 0 Å². The molecule has 214 valence electrons. The Bertz CT molecular complexity index is 1200. The lowest BCUT2D eigenvalue weighted by molar-refractivity contribution is 0.117. The molecule has 1 atom stereocenters. The fourth-order valence-electron chi connectivity index (χ4n) is 5.01. The van der Waals surface area contributed by atoms with Crippen LogP contribution in [0.15, 0.2) is 78.9 Å². The summed E-state index contributed by atoms with van der Waals surface area (Å²) in [6, 6.07) is 26.0.